The van der Waals surface area contributed by atoms with E-state index < -0.39 is 66.5 Å². The third kappa shape index (κ3) is 10.2. The molecule has 1 heterocycles. The molecule has 1 aliphatic rings. The Morgan fingerprint density at radius 2 is 1.11 bits per heavy atom. The van der Waals surface area contributed by atoms with Gasteiger partial charge in [-0.15, -0.1) is 0 Å². The Balaban J connectivity index is 2.02. The normalized spacial score (nSPS) is 20.8. The summed E-state index contributed by atoms with van der Waals surface area (Å²) < 4.78 is 42.9. The number of methoxy groups -OCH3 is 1. The fraction of sp³-hybridized carbons (Fsp3) is 0.355. The Morgan fingerprint density at radius 1 is 0.600 bits per heavy atom. The van der Waals surface area contributed by atoms with Gasteiger partial charge >= 0.3 is 35.8 Å². The minimum Gasteiger partial charge on any atom is -0.467 e. The number of carbonyl (C=O) groups excluding carboxylic acids is 6. The topological polar surface area (TPSA) is 176 Å². The van der Waals surface area contributed by atoms with Crippen molar-refractivity contribution in [1.82, 2.24) is 0 Å². The SMILES string of the molecule is COC(=O)C1O[C@@H](Oc2cc(/C=C/c3ccc(OC(C)=O)cc3)cc(OC(C)=O)c2)C(OC(C)=O)C(OC(C)=O)[C@@H]1OC(C)=O. The summed E-state index contributed by atoms with van der Waals surface area (Å²) >= 11 is 0. The minimum atomic E-state index is -1.66. The third-order valence-electron chi connectivity index (χ3n) is 5.86. The molecule has 14 nitrogen and oxygen atoms in total. The van der Waals surface area contributed by atoms with Crippen molar-refractivity contribution >= 4 is 48.0 Å². The van der Waals surface area contributed by atoms with Crippen LogP contribution in [-0.4, -0.2) is 73.6 Å². The van der Waals surface area contributed by atoms with Gasteiger partial charge < -0.3 is 37.9 Å². The maximum absolute atomic E-state index is 12.7. The first-order chi connectivity index (χ1) is 21.2. The molecule has 1 fully saturated rings. The first-order valence-electron chi connectivity index (χ1n) is 13.5. The van der Waals surface area contributed by atoms with Crippen molar-refractivity contribution in [1.29, 1.82) is 0 Å². The zero-order chi connectivity index (χ0) is 33.3. The molecule has 2 aromatic carbocycles. The summed E-state index contributed by atoms with van der Waals surface area (Å²) in [7, 11) is 1.07. The van der Waals surface area contributed by atoms with Gasteiger partial charge in [0.05, 0.1) is 7.11 Å². The van der Waals surface area contributed by atoms with Gasteiger partial charge in [0.25, 0.3) is 0 Å². The summed E-state index contributed by atoms with van der Waals surface area (Å²) in [4.78, 5) is 71.7. The Labute approximate surface area is 258 Å². The summed E-state index contributed by atoms with van der Waals surface area (Å²) in [6.07, 6.45) is -4.55. The molecule has 1 aliphatic heterocycles. The lowest BCUT2D eigenvalue weighted by molar-refractivity contribution is -0.282. The molecule has 45 heavy (non-hydrogen) atoms. The first-order valence-corrected chi connectivity index (χ1v) is 13.5. The quantitative estimate of drug-likeness (QED) is 0.162. The zero-order valence-electron chi connectivity index (χ0n) is 25.3. The molecule has 0 N–H and O–H groups in total. The van der Waals surface area contributed by atoms with Crippen LogP contribution >= 0.6 is 0 Å². The van der Waals surface area contributed by atoms with E-state index in [1.165, 1.54) is 26.0 Å². The van der Waals surface area contributed by atoms with Crippen LogP contribution < -0.4 is 14.2 Å². The maximum Gasteiger partial charge on any atom is 0.339 e. The molecule has 240 valence electrons. The minimum absolute atomic E-state index is 0.0249. The molecule has 5 atom stereocenters. The van der Waals surface area contributed by atoms with Crippen LogP contribution in [0, 0.1) is 0 Å². The van der Waals surface area contributed by atoms with E-state index in [4.69, 9.17) is 37.9 Å². The number of benzene rings is 2. The molecule has 2 aromatic rings. The van der Waals surface area contributed by atoms with Crippen LogP contribution in [0.3, 0.4) is 0 Å². The molecule has 0 amide bonds. The lowest BCUT2D eigenvalue weighted by Crippen LogP contribution is -2.64. The molecule has 0 aromatic heterocycles. The maximum atomic E-state index is 12.7. The van der Waals surface area contributed by atoms with Gasteiger partial charge in [-0.2, -0.15) is 0 Å². The number of esters is 6. The molecule has 0 bridgehead atoms. The molecule has 1 saturated heterocycles. The van der Waals surface area contributed by atoms with E-state index in [0.717, 1.165) is 33.4 Å². The predicted molar refractivity (Wildman–Crippen MR) is 152 cm³/mol. The molecule has 0 saturated carbocycles. The largest absolute Gasteiger partial charge is 0.467 e. The van der Waals surface area contributed by atoms with E-state index in [0.29, 0.717) is 11.3 Å². The molecule has 3 unspecified atom stereocenters. The van der Waals surface area contributed by atoms with Crippen molar-refractivity contribution in [2.45, 2.75) is 65.3 Å². The van der Waals surface area contributed by atoms with Gasteiger partial charge in [-0.1, -0.05) is 24.3 Å². The van der Waals surface area contributed by atoms with E-state index in [2.05, 4.69) is 0 Å². The average molecular weight is 629 g/mol. The van der Waals surface area contributed by atoms with Crippen molar-refractivity contribution in [2.24, 2.45) is 0 Å². The fourth-order valence-electron chi connectivity index (χ4n) is 4.30. The number of rotatable bonds is 10. The van der Waals surface area contributed by atoms with Gasteiger partial charge in [-0.05, 0) is 35.4 Å². The Kier molecular flexibility index (Phi) is 11.8. The van der Waals surface area contributed by atoms with Crippen LogP contribution in [0.5, 0.6) is 17.2 Å². The number of carbonyl (C=O) groups is 6. The molecular formula is C31H32O14. The fourth-order valence-corrected chi connectivity index (χ4v) is 4.30. The summed E-state index contributed by atoms with van der Waals surface area (Å²) in [6, 6.07) is 11.1. The Hall–Kier alpha value is -5.24. The predicted octanol–water partition coefficient (Wildman–Crippen LogP) is 2.78. The lowest BCUT2D eigenvalue weighted by Gasteiger charge is -2.43. The molecule has 0 radical (unpaired) electrons. The van der Waals surface area contributed by atoms with E-state index in [-0.39, 0.29) is 11.5 Å². The van der Waals surface area contributed by atoms with Gasteiger partial charge in [0.15, 0.2) is 18.3 Å². The molecule has 3 rings (SSSR count). The van der Waals surface area contributed by atoms with Crippen molar-refractivity contribution in [2.75, 3.05) is 7.11 Å². The smallest absolute Gasteiger partial charge is 0.339 e. The lowest BCUT2D eigenvalue weighted by atomic mass is 9.97. The average Bonchev–Trinajstić information content (AvgIpc) is 2.93. The number of ether oxygens (including phenoxy) is 8. The van der Waals surface area contributed by atoms with Crippen LogP contribution in [0.15, 0.2) is 42.5 Å². The highest BCUT2D eigenvalue weighted by molar-refractivity contribution is 5.77. The van der Waals surface area contributed by atoms with Gasteiger partial charge in [-0.3, -0.25) is 24.0 Å². The van der Waals surface area contributed by atoms with Crippen molar-refractivity contribution in [3.63, 3.8) is 0 Å². The number of hydrogen-bond donors (Lipinski definition) is 0. The van der Waals surface area contributed by atoms with Gasteiger partial charge in [-0.25, -0.2) is 4.79 Å². The number of hydrogen-bond acceptors (Lipinski definition) is 14. The van der Waals surface area contributed by atoms with Crippen molar-refractivity contribution in [3.05, 3.63) is 53.6 Å². The second-order valence-corrected chi connectivity index (χ2v) is 9.62. The van der Waals surface area contributed by atoms with Crippen LogP contribution in [0.25, 0.3) is 12.2 Å². The van der Waals surface area contributed by atoms with Crippen LogP contribution in [0.1, 0.15) is 45.7 Å². The van der Waals surface area contributed by atoms with Gasteiger partial charge in [0, 0.05) is 40.7 Å². The highest BCUT2D eigenvalue weighted by atomic mass is 16.7. The Bertz CT molecular complexity index is 1460. The second-order valence-electron chi connectivity index (χ2n) is 9.62. The highest BCUT2D eigenvalue weighted by Crippen LogP contribution is 2.33. The zero-order valence-corrected chi connectivity index (χ0v) is 25.3. The van der Waals surface area contributed by atoms with Gasteiger partial charge in [0.2, 0.25) is 12.4 Å². The van der Waals surface area contributed by atoms with Crippen LogP contribution in [-0.2, 0) is 52.5 Å². The standard InChI is InChI=1S/C31H32O14/c1-16(32)39-23-11-9-21(10-12-23)7-8-22-13-24(40-17(2)33)15-25(14-22)44-31-29(43-20(5)36)27(42-19(4)35)26(41-18(3)34)28(45-31)30(37)38-6/h7-15,26-29,31H,1-6H3/b8-7+/t26-,27?,28?,29?,31+/m0/s1. The van der Waals surface area contributed by atoms with E-state index in [1.54, 1.807) is 42.5 Å². The molecule has 0 aliphatic carbocycles. The van der Waals surface area contributed by atoms with Gasteiger partial charge in [0.1, 0.15) is 17.2 Å². The van der Waals surface area contributed by atoms with Crippen LogP contribution in [0.4, 0.5) is 0 Å². The third-order valence-corrected chi connectivity index (χ3v) is 5.86. The van der Waals surface area contributed by atoms with Crippen molar-refractivity contribution < 1.29 is 66.7 Å². The summed E-state index contributed by atoms with van der Waals surface area (Å²) in [6.45, 7) is 5.71. The Morgan fingerprint density at radius 3 is 1.67 bits per heavy atom. The summed E-state index contributed by atoms with van der Waals surface area (Å²) in [5, 5.41) is 0. The highest BCUT2D eigenvalue weighted by Gasteiger charge is 2.55. The molecule has 14 heteroatoms. The summed E-state index contributed by atoms with van der Waals surface area (Å²) in [5.41, 5.74) is 1.21. The van der Waals surface area contributed by atoms with E-state index >= 15 is 0 Å². The second kappa shape index (κ2) is 15.5. The molecular weight excluding hydrogens is 596 g/mol. The molecule has 0 spiro atoms. The summed E-state index contributed by atoms with van der Waals surface area (Å²) in [5.74, 6) is -4.12. The van der Waals surface area contributed by atoms with E-state index in [1.807, 2.05) is 0 Å². The van der Waals surface area contributed by atoms with Crippen LogP contribution in [0.2, 0.25) is 0 Å². The van der Waals surface area contributed by atoms with E-state index in [9.17, 15) is 28.8 Å². The monoisotopic (exact) mass is 628 g/mol. The first kappa shape index (κ1) is 34.3. The van der Waals surface area contributed by atoms with Crippen molar-refractivity contribution in [3.8, 4) is 17.2 Å².